The summed E-state index contributed by atoms with van der Waals surface area (Å²) in [4.78, 5) is 37.7. The Bertz CT molecular complexity index is 937. The fourth-order valence-electron chi connectivity index (χ4n) is 3.54. The van der Waals surface area contributed by atoms with E-state index in [1.165, 1.54) is 14.0 Å². The predicted octanol–water partition coefficient (Wildman–Crippen LogP) is 1.51. The van der Waals surface area contributed by atoms with Gasteiger partial charge in [-0.1, -0.05) is 25.7 Å². The molecule has 1 unspecified atom stereocenters. The molecule has 2 fully saturated rings. The van der Waals surface area contributed by atoms with Crippen LogP contribution in [0.4, 0.5) is 10.5 Å². The molecule has 172 valence electrons. The Morgan fingerprint density at radius 3 is 2.50 bits per heavy atom. The van der Waals surface area contributed by atoms with E-state index in [1.54, 1.807) is 19.9 Å². The average Bonchev–Trinajstić information content (AvgIpc) is 2.68. The van der Waals surface area contributed by atoms with Gasteiger partial charge in [-0.2, -0.15) is 0 Å². The number of carbonyl (C=O) groups is 3. The second-order valence-corrected chi connectivity index (χ2v) is 8.40. The maximum atomic E-state index is 12.1. The number of nitrogens with one attached hydrogen (secondary N) is 2. The van der Waals surface area contributed by atoms with Crippen molar-refractivity contribution < 1.29 is 28.6 Å². The lowest BCUT2D eigenvalue weighted by molar-refractivity contribution is -0.168. The zero-order valence-corrected chi connectivity index (χ0v) is 18.8. The van der Waals surface area contributed by atoms with E-state index < -0.39 is 24.3 Å². The molecule has 0 aliphatic carbocycles. The van der Waals surface area contributed by atoms with Crippen LogP contribution in [0.5, 0.6) is 0 Å². The molecule has 2 heterocycles. The monoisotopic (exact) mass is 443 g/mol. The lowest BCUT2D eigenvalue weighted by Crippen LogP contribution is -2.71. The predicted molar refractivity (Wildman–Crippen MR) is 117 cm³/mol. The van der Waals surface area contributed by atoms with Crippen LogP contribution in [0.2, 0.25) is 0 Å². The van der Waals surface area contributed by atoms with Gasteiger partial charge in [-0.3, -0.25) is 4.79 Å². The molecule has 0 radical (unpaired) electrons. The van der Waals surface area contributed by atoms with Crippen LogP contribution in [-0.2, 0) is 19.0 Å². The van der Waals surface area contributed by atoms with Crippen LogP contribution >= 0.6 is 0 Å². The Morgan fingerprint density at radius 1 is 1.19 bits per heavy atom. The molecule has 0 saturated carbocycles. The van der Waals surface area contributed by atoms with Gasteiger partial charge in [0.25, 0.3) is 0 Å². The molecule has 32 heavy (non-hydrogen) atoms. The highest BCUT2D eigenvalue weighted by Crippen LogP contribution is 2.37. The Morgan fingerprint density at radius 2 is 1.91 bits per heavy atom. The first-order chi connectivity index (χ1) is 15.2. The lowest BCUT2D eigenvalue weighted by Gasteiger charge is -2.57. The standard InChI is InChI=1S/C23H29N3O6/c1-15(2)20(27)31-16(3)32-22(29)25-9-5-6-17-10-18(7-8-19(17)21(28)30-4)26-13-23(14-26)11-24-12-23/h7-8,10,15-16,24H,9,11-14H2,1-4H3,(H,25,29). The molecule has 0 aromatic heterocycles. The zero-order valence-electron chi connectivity index (χ0n) is 18.8. The molecule has 1 aromatic rings. The van der Waals surface area contributed by atoms with Gasteiger partial charge < -0.3 is 29.7 Å². The summed E-state index contributed by atoms with van der Waals surface area (Å²) in [5.74, 6) is 4.50. The van der Waals surface area contributed by atoms with E-state index in [1.807, 2.05) is 12.1 Å². The van der Waals surface area contributed by atoms with E-state index in [-0.39, 0.29) is 12.5 Å². The highest BCUT2D eigenvalue weighted by molar-refractivity contribution is 5.93. The first-order valence-corrected chi connectivity index (χ1v) is 10.5. The minimum Gasteiger partial charge on any atom is -0.465 e. The quantitative estimate of drug-likeness (QED) is 0.387. The van der Waals surface area contributed by atoms with Crippen molar-refractivity contribution in [3.63, 3.8) is 0 Å². The average molecular weight is 444 g/mol. The van der Waals surface area contributed by atoms with Crippen molar-refractivity contribution in [3.05, 3.63) is 29.3 Å². The second kappa shape index (κ2) is 9.92. The molecule has 3 rings (SSSR count). The summed E-state index contributed by atoms with van der Waals surface area (Å²) < 4.78 is 14.8. The third-order valence-electron chi connectivity index (χ3n) is 5.40. The normalized spacial score (nSPS) is 16.7. The van der Waals surface area contributed by atoms with Crippen molar-refractivity contribution in [1.29, 1.82) is 0 Å². The molecular formula is C23H29N3O6. The smallest absolute Gasteiger partial charge is 0.410 e. The number of ether oxygens (including phenoxy) is 3. The first kappa shape index (κ1) is 23.4. The Balaban J connectivity index is 1.58. The van der Waals surface area contributed by atoms with Crippen molar-refractivity contribution in [2.75, 3.05) is 44.7 Å². The van der Waals surface area contributed by atoms with Crippen LogP contribution in [0.15, 0.2) is 18.2 Å². The SMILES string of the molecule is COC(=O)c1ccc(N2CC3(CNC3)C2)cc1C#CCNC(=O)OC(C)OC(=O)C(C)C. The number of nitrogens with zero attached hydrogens (tertiary/aromatic N) is 1. The van der Waals surface area contributed by atoms with Crippen LogP contribution in [0.1, 0.15) is 36.7 Å². The molecule has 0 bridgehead atoms. The lowest BCUT2D eigenvalue weighted by atomic mass is 9.74. The number of rotatable bonds is 6. The third kappa shape index (κ3) is 5.51. The molecule has 1 atom stereocenters. The largest absolute Gasteiger partial charge is 0.465 e. The summed E-state index contributed by atoms with van der Waals surface area (Å²) in [6.45, 7) is 8.84. The summed E-state index contributed by atoms with van der Waals surface area (Å²) in [6, 6.07) is 5.47. The molecule has 1 spiro atoms. The third-order valence-corrected chi connectivity index (χ3v) is 5.40. The number of methoxy groups -OCH3 is 1. The van der Waals surface area contributed by atoms with E-state index in [9.17, 15) is 14.4 Å². The number of benzene rings is 1. The Kier molecular flexibility index (Phi) is 7.26. The van der Waals surface area contributed by atoms with Gasteiger partial charge in [-0.25, -0.2) is 9.59 Å². The van der Waals surface area contributed by atoms with Gasteiger partial charge in [0.05, 0.1) is 25.1 Å². The fraction of sp³-hybridized carbons (Fsp3) is 0.522. The summed E-state index contributed by atoms with van der Waals surface area (Å²) in [7, 11) is 1.32. The van der Waals surface area contributed by atoms with Gasteiger partial charge in [0, 0.05) is 49.8 Å². The van der Waals surface area contributed by atoms with Crippen molar-refractivity contribution in [3.8, 4) is 11.8 Å². The van der Waals surface area contributed by atoms with Crippen LogP contribution in [-0.4, -0.2) is 64.2 Å². The van der Waals surface area contributed by atoms with Gasteiger partial charge in [0.2, 0.25) is 6.29 Å². The van der Waals surface area contributed by atoms with Crippen LogP contribution in [0.25, 0.3) is 0 Å². The molecule has 2 aliphatic heterocycles. The number of alkyl carbamates (subject to hydrolysis) is 1. The minimum atomic E-state index is -1.01. The molecule has 2 saturated heterocycles. The van der Waals surface area contributed by atoms with Gasteiger partial charge in [-0.05, 0) is 18.2 Å². The van der Waals surface area contributed by atoms with Crippen molar-refractivity contribution >= 4 is 23.7 Å². The number of carbonyl (C=O) groups excluding carboxylic acids is 3. The maximum Gasteiger partial charge on any atom is 0.410 e. The summed E-state index contributed by atoms with van der Waals surface area (Å²) in [5, 5.41) is 5.78. The maximum absolute atomic E-state index is 12.1. The molecular weight excluding hydrogens is 414 g/mol. The fourth-order valence-corrected chi connectivity index (χ4v) is 3.54. The molecule has 2 N–H and O–H groups in total. The summed E-state index contributed by atoms with van der Waals surface area (Å²) in [5.41, 5.74) is 2.25. The molecule has 1 amide bonds. The molecule has 2 aliphatic rings. The first-order valence-electron chi connectivity index (χ1n) is 10.5. The number of anilines is 1. The molecule has 9 nitrogen and oxygen atoms in total. The van der Waals surface area contributed by atoms with E-state index in [4.69, 9.17) is 14.2 Å². The minimum absolute atomic E-state index is 0.00693. The summed E-state index contributed by atoms with van der Waals surface area (Å²) in [6.07, 6.45) is -1.77. The topological polar surface area (TPSA) is 106 Å². The number of esters is 2. The summed E-state index contributed by atoms with van der Waals surface area (Å²) >= 11 is 0. The van der Waals surface area contributed by atoms with E-state index in [0.717, 1.165) is 31.9 Å². The second-order valence-electron chi connectivity index (χ2n) is 8.40. The highest BCUT2D eigenvalue weighted by Gasteiger charge is 2.47. The van der Waals surface area contributed by atoms with Crippen molar-refractivity contribution in [1.82, 2.24) is 10.6 Å². The van der Waals surface area contributed by atoms with Crippen LogP contribution in [0, 0.1) is 23.2 Å². The number of amides is 1. The zero-order chi connectivity index (χ0) is 23.3. The number of hydrogen-bond acceptors (Lipinski definition) is 8. The van der Waals surface area contributed by atoms with Gasteiger partial charge >= 0.3 is 18.0 Å². The highest BCUT2D eigenvalue weighted by atomic mass is 16.7. The Hall–Kier alpha value is -3.25. The van der Waals surface area contributed by atoms with Gasteiger partial charge in [-0.15, -0.1) is 0 Å². The van der Waals surface area contributed by atoms with Crippen LogP contribution in [0.3, 0.4) is 0 Å². The number of hydrogen-bond donors (Lipinski definition) is 2. The Labute approximate surface area is 187 Å². The van der Waals surface area contributed by atoms with Gasteiger partial charge in [0.15, 0.2) is 0 Å². The van der Waals surface area contributed by atoms with E-state index in [0.29, 0.717) is 16.5 Å². The van der Waals surface area contributed by atoms with Crippen LogP contribution < -0.4 is 15.5 Å². The molecule has 9 heteroatoms. The van der Waals surface area contributed by atoms with Crippen molar-refractivity contribution in [2.45, 2.75) is 27.1 Å². The van der Waals surface area contributed by atoms with Gasteiger partial charge in [0.1, 0.15) is 0 Å². The van der Waals surface area contributed by atoms with Crippen molar-refractivity contribution in [2.24, 2.45) is 11.3 Å². The molecule has 1 aromatic carbocycles. The van der Waals surface area contributed by atoms with E-state index in [2.05, 4.69) is 27.4 Å². The van der Waals surface area contributed by atoms with E-state index >= 15 is 0 Å².